The Bertz CT molecular complexity index is 3170. The van der Waals surface area contributed by atoms with Crippen molar-refractivity contribution in [1.82, 2.24) is 0 Å². The molecular weight excluding hydrogens is 938 g/mol. The van der Waals surface area contributed by atoms with Crippen LogP contribution < -0.4 is 0 Å². The van der Waals surface area contributed by atoms with E-state index in [4.69, 9.17) is 20.0 Å². The van der Waals surface area contributed by atoms with Crippen LogP contribution in [0.5, 0.6) is 0 Å². The van der Waals surface area contributed by atoms with Gasteiger partial charge in [-0.1, -0.05) is 184 Å². The average molecular weight is 1010 g/mol. The third-order valence-electron chi connectivity index (χ3n) is 15.0. The number of fused-ring (bicyclic) bond motifs is 4. The van der Waals surface area contributed by atoms with Crippen molar-refractivity contribution in [3.63, 3.8) is 0 Å². The van der Waals surface area contributed by atoms with Crippen LogP contribution in [-0.2, 0) is 19.5 Å². The number of allylic oxidation sites excluding steroid dienone is 12. The van der Waals surface area contributed by atoms with E-state index in [1.807, 2.05) is 0 Å². The van der Waals surface area contributed by atoms with Crippen LogP contribution in [0.2, 0.25) is 0 Å². The van der Waals surface area contributed by atoms with Gasteiger partial charge in [0.25, 0.3) is 0 Å². The molecule has 370 valence electrons. The minimum Gasteiger partial charge on any atom is -0.249 e. The normalized spacial score (nSPS) is 16.4. The number of aliphatic imine (C=N–C) groups is 4. The zero-order chi connectivity index (χ0) is 51.4. The molecule has 8 bridgehead atoms. The van der Waals surface area contributed by atoms with Gasteiger partial charge in [0.2, 0.25) is 0 Å². The molecule has 5 heteroatoms. The van der Waals surface area contributed by atoms with E-state index in [9.17, 15) is 0 Å². The molecule has 0 fully saturated rings. The number of rotatable bonds is 12. The van der Waals surface area contributed by atoms with Gasteiger partial charge in [-0.05, 0) is 163 Å². The molecule has 73 heavy (non-hydrogen) atoms. The zero-order valence-corrected chi connectivity index (χ0v) is 49.6. The van der Waals surface area contributed by atoms with Crippen LogP contribution >= 0.6 is 0 Å². The Morgan fingerprint density at radius 2 is 0.630 bits per heavy atom. The fourth-order valence-electron chi connectivity index (χ4n) is 11.4. The summed E-state index contributed by atoms with van der Waals surface area (Å²) < 4.78 is 0. The van der Waals surface area contributed by atoms with Gasteiger partial charge in [-0.2, -0.15) is 0 Å². The Morgan fingerprint density at radius 3 is 1.01 bits per heavy atom. The van der Waals surface area contributed by atoms with Crippen LogP contribution in [0.3, 0.4) is 0 Å². The second kappa shape index (κ2) is 21.5. The minimum absolute atomic E-state index is 0. The molecule has 0 atom stereocenters. The van der Waals surface area contributed by atoms with Crippen molar-refractivity contribution in [2.24, 2.45) is 20.0 Å². The molecule has 5 heterocycles. The van der Waals surface area contributed by atoms with Crippen LogP contribution in [0.15, 0.2) is 164 Å². The maximum atomic E-state index is 6.28. The molecule has 9 rings (SSSR count). The van der Waals surface area contributed by atoms with E-state index in [0.717, 1.165) is 56.8 Å². The molecule has 0 aliphatic carbocycles. The molecule has 4 nitrogen and oxygen atoms in total. The van der Waals surface area contributed by atoms with Crippen molar-refractivity contribution >= 4 is 45.1 Å². The molecule has 4 aromatic carbocycles. The molecule has 0 saturated heterocycles. The van der Waals surface area contributed by atoms with Crippen molar-refractivity contribution in [3.8, 4) is 0 Å². The Hall–Kier alpha value is -5.90. The number of hydrogen-bond donors (Lipinski definition) is 0. The first kappa shape index (κ1) is 53.4. The third-order valence-corrected chi connectivity index (χ3v) is 15.0. The van der Waals surface area contributed by atoms with Crippen LogP contribution in [0.25, 0.3) is 22.3 Å². The monoisotopic (exact) mass is 1010 g/mol. The number of nitrogens with zero attached hydrogens (tertiary/aromatic N) is 4. The maximum absolute atomic E-state index is 6.28. The van der Waals surface area contributed by atoms with Gasteiger partial charge in [0, 0.05) is 41.8 Å². The molecule has 0 amide bonds. The van der Waals surface area contributed by atoms with Crippen molar-refractivity contribution in [3.05, 3.63) is 211 Å². The van der Waals surface area contributed by atoms with E-state index < -0.39 is 0 Å². The fourth-order valence-corrected chi connectivity index (χ4v) is 11.4. The van der Waals surface area contributed by atoms with Crippen molar-refractivity contribution in [2.45, 2.75) is 158 Å². The second-order valence-corrected chi connectivity index (χ2v) is 22.9. The summed E-state index contributed by atoms with van der Waals surface area (Å²) in [5, 5.41) is 0. The summed E-state index contributed by atoms with van der Waals surface area (Å²) in [6.07, 6.45) is 17.3. The second-order valence-electron chi connectivity index (χ2n) is 22.9. The summed E-state index contributed by atoms with van der Waals surface area (Å²) in [6.45, 7) is 37.5. The first-order chi connectivity index (χ1) is 34.3. The summed E-state index contributed by atoms with van der Waals surface area (Å²) in [7, 11) is 0. The molecule has 0 saturated carbocycles. The summed E-state index contributed by atoms with van der Waals surface area (Å²) in [5.41, 5.74) is 27.3. The number of benzene rings is 4. The van der Waals surface area contributed by atoms with E-state index in [2.05, 4.69) is 232 Å². The molecular formula is C68H76N4Zn. The quantitative estimate of drug-likeness (QED) is 0.127. The van der Waals surface area contributed by atoms with Crippen LogP contribution in [-0.4, -0.2) is 22.8 Å². The van der Waals surface area contributed by atoms with Gasteiger partial charge >= 0.3 is 0 Å². The Morgan fingerprint density at radius 1 is 0.301 bits per heavy atom. The summed E-state index contributed by atoms with van der Waals surface area (Å²) in [4.78, 5) is 22.7. The van der Waals surface area contributed by atoms with E-state index in [1.54, 1.807) is 0 Å². The van der Waals surface area contributed by atoms with Gasteiger partial charge in [0.05, 0.1) is 45.6 Å². The summed E-state index contributed by atoms with van der Waals surface area (Å²) >= 11 is 0. The van der Waals surface area contributed by atoms with E-state index in [0.29, 0.717) is 0 Å². The predicted molar refractivity (Wildman–Crippen MR) is 312 cm³/mol. The number of hydrogen-bond acceptors (Lipinski definition) is 4. The van der Waals surface area contributed by atoms with E-state index in [1.165, 1.54) is 77.9 Å². The molecule has 5 aliphatic heterocycles. The van der Waals surface area contributed by atoms with E-state index in [-0.39, 0.29) is 66.8 Å². The smallest absolute Gasteiger partial charge is 0.0823 e. The topological polar surface area (TPSA) is 49.4 Å². The van der Waals surface area contributed by atoms with Gasteiger partial charge in [0.15, 0.2) is 0 Å². The maximum Gasteiger partial charge on any atom is 0.0823 e. The Labute approximate surface area is 451 Å². The molecule has 4 aromatic rings. The van der Waals surface area contributed by atoms with Gasteiger partial charge in [-0.3, -0.25) is 0 Å². The van der Waals surface area contributed by atoms with Crippen molar-refractivity contribution < 1.29 is 19.5 Å². The van der Waals surface area contributed by atoms with Gasteiger partial charge < -0.3 is 0 Å². The van der Waals surface area contributed by atoms with Crippen LogP contribution in [0.4, 0.5) is 0 Å². The standard InChI is InChI=1S/C68H76N4.Zn/c1-37(2)50-21-17-22-51(38(3)4)60(50)58-35-49-34-47-30-29-45(69-47)33-46-31-32-48(70-46)36-59-64(61-52(39(5)6)23-18-24-53(61)40(7)8)65(62-54(41(9)10)25-19-26-55(62)42(11)12)68(72-59)66(67(58)71-49)63-56(43(13)14)27-20-28-57(63)44(15)16;/h17-44H,1-16H3;. The molecule has 0 spiro atoms. The van der Waals surface area contributed by atoms with Gasteiger partial charge in [0.1, 0.15) is 0 Å². The Balaban J connectivity index is 0.00000711. The fraction of sp³-hybridized carbons (Fsp3) is 0.353. The molecule has 0 unspecified atom stereocenters. The molecule has 0 aromatic heterocycles. The van der Waals surface area contributed by atoms with Crippen molar-refractivity contribution in [1.29, 1.82) is 0 Å². The van der Waals surface area contributed by atoms with Crippen molar-refractivity contribution in [2.75, 3.05) is 0 Å². The largest absolute Gasteiger partial charge is 0.249 e. The van der Waals surface area contributed by atoms with Gasteiger partial charge in [-0.25, -0.2) is 20.0 Å². The third kappa shape index (κ3) is 10.1. The predicted octanol–water partition coefficient (Wildman–Crippen LogP) is 18.7. The molecule has 0 N–H and O–H groups in total. The Kier molecular flexibility index (Phi) is 15.7. The van der Waals surface area contributed by atoms with Crippen LogP contribution in [0.1, 0.15) is 225 Å². The van der Waals surface area contributed by atoms with Gasteiger partial charge in [-0.15, -0.1) is 0 Å². The molecule has 5 aliphatic rings. The van der Waals surface area contributed by atoms with Crippen LogP contribution in [0, 0.1) is 0 Å². The first-order valence-electron chi connectivity index (χ1n) is 26.9. The molecule has 0 radical (unpaired) electrons. The minimum atomic E-state index is 0. The zero-order valence-electron chi connectivity index (χ0n) is 46.7. The summed E-state index contributed by atoms with van der Waals surface area (Å²) in [6, 6.07) is 27.9. The average Bonchev–Trinajstić information content (AvgIpc) is 4.15. The summed E-state index contributed by atoms with van der Waals surface area (Å²) in [5.74, 6) is 1.86. The SMILES string of the molecule is CC(C)c1cccc(C(C)C)c1C1=CC2=CC3=NC(=CC4=NC(=CC5=NC(=C(c6c(C(C)C)cccc6C(C)C)C1=N2)C(c1c(C(C)C)cccc1C(C)C)=C5c1c(C(C)C)cccc1C(C)C)C=C4)C=C3.[Zn]. The first-order valence-corrected chi connectivity index (χ1v) is 26.9. The van der Waals surface area contributed by atoms with E-state index >= 15 is 0 Å².